The Labute approximate surface area is 207 Å². The Hall–Kier alpha value is 0.640. The molecule has 0 nitrogen and oxygen atoms in total. The van der Waals surface area contributed by atoms with Gasteiger partial charge in [-0.25, -0.2) is 12.2 Å². The van der Waals surface area contributed by atoms with Crippen LogP contribution >= 0.6 is 24.8 Å². The maximum absolute atomic E-state index is 3.29. The first-order chi connectivity index (χ1) is 11.1. The van der Waals surface area contributed by atoms with E-state index in [0.29, 0.717) is 22.7 Å². The zero-order valence-corrected chi connectivity index (χ0v) is 25.4. The van der Waals surface area contributed by atoms with Crippen LogP contribution in [-0.2, 0) is 23.3 Å². The van der Waals surface area contributed by atoms with Crippen LogP contribution in [0.2, 0.25) is 0 Å². The second-order valence-corrected chi connectivity index (χ2v) is 7.92. The van der Waals surface area contributed by atoms with Crippen LogP contribution in [0.25, 0.3) is 0 Å². The van der Waals surface area contributed by atoms with Crippen molar-refractivity contribution in [3.63, 3.8) is 0 Å². The van der Waals surface area contributed by atoms with E-state index >= 15 is 0 Å². The zero-order valence-electron chi connectivity index (χ0n) is 19.9. The molecule has 2 unspecified atom stereocenters. The number of hydrogen-bond donors (Lipinski definition) is 0. The standard InChI is InChI=1S/2C11H17.2CH3.2ClH.H2Si.Zr/c2*1-5-11(3,4)10-7-6-9(2)8-10;;;;;;/h2*7-9H,5H2,1-4H3;2*1H3;2*1H;1H2;/q4*-1;;;;. The number of allylic oxidation sites excluding steroid dienone is 8. The topological polar surface area (TPSA) is 0 Å². The summed E-state index contributed by atoms with van der Waals surface area (Å²) in [6, 6.07) is 0. The summed E-state index contributed by atoms with van der Waals surface area (Å²) in [6.07, 6.45) is 17.9. The Balaban J connectivity index is -0.000000102. The summed E-state index contributed by atoms with van der Waals surface area (Å²) in [5, 5.41) is 0. The third-order valence-corrected chi connectivity index (χ3v) is 5.19. The third-order valence-electron chi connectivity index (χ3n) is 5.19. The molecule has 4 heteroatoms. The van der Waals surface area contributed by atoms with Crippen LogP contribution in [-0.4, -0.2) is 6.88 Å². The molecule has 0 aromatic rings. The first-order valence-corrected chi connectivity index (χ1v) is 15.0. The van der Waals surface area contributed by atoms with E-state index in [1.54, 1.807) is 23.3 Å². The molecular formula is C24H44Cl2SiZr-4. The van der Waals surface area contributed by atoms with Gasteiger partial charge in [-0.2, -0.15) is 23.3 Å². The Morgan fingerprint density at radius 3 is 1.18 bits per heavy atom. The SMILES string of the molecule is CCC(C)(C)C1=CC(C)[C-]=C1.CCC(C)(C)C1=CC(C)[C-]=C1.Cl.Cl.[CH3-].[CH3-].[SiH2]=[Zr]. The normalized spacial score (nSPS) is 19.0. The second kappa shape index (κ2) is 18.4. The number of hydrogen-bond acceptors (Lipinski definition) is 0. The molecule has 0 aromatic carbocycles. The molecule has 0 saturated heterocycles. The molecule has 2 atom stereocenters. The van der Waals surface area contributed by atoms with E-state index in [-0.39, 0.29) is 39.7 Å². The van der Waals surface area contributed by atoms with Crippen LogP contribution in [0.1, 0.15) is 68.2 Å². The molecule has 0 N–H and O–H groups in total. The van der Waals surface area contributed by atoms with Gasteiger partial charge in [-0.15, -0.1) is 24.8 Å². The predicted molar refractivity (Wildman–Crippen MR) is 134 cm³/mol. The van der Waals surface area contributed by atoms with E-state index in [4.69, 9.17) is 0 Å². The monoisotopic (exact) mass is 520 g/mol. The summed E-state index contributed by atoms with van der Waals surface area (Å²) >= 11 is 1.58. The molecule has 0 bridgehead atoms. The summed E-state index contributed by atoms with van der Waals surface area (Å²) in [7, 11) is 0. The molecule has 0 aliphatic heterocycles. The molecule has 166 valence electrons. The van der Waals surface area contributed by atoms with Crippen molar-refractivity contribution in [2.24, 2.45) is 22.7 Å². The van der Waals surface area contributed by atoms with Gasteiger partial charge in [0.2, 0.25) is 0 Å². The molecule has 2 aliphatic carbocycles. The van der Waals surface area contributed by atoms with Gasteiger partial charge in [-0.1, -0.05) is 90.9 Å². The molecule has 2 rings (SSSR count). The molecule has 0 spiro atoms. The van der Waals surface area contributed by atoms with Gasteiger partial charge in [-0.3, -0.25) is 12.2 Å². The molecule has 28 heavy (non-hydrogen) atoms. The molecule has 0 aromatic heterocycles. The van der Waals surface area contributed by atoms with E-state index < -0.39 is 0 Å². The fourth-order valence-electron chi connectivity index (χ4n) is 2.42. The number of halogens is 2. The van der Waals surface area contributed by atoms with Gasteiger partial charge in [0.05, 0.1) is 0 Å². The first-order valence-electron chi connectivity index (χ1n) is 9.11. The Morgan fingerprint density at radius 2 is 1.04 bits per heavy atom. The van der Waals surface area contributed by atoms with Crippen molar-refractivity contribution in [3.05, 3.63) is 62.5 Å². The summed E-state index contributed by atoms with van der Waals surface area (Å²) in [6.45, 7) is 19.9. The predicted octanol–water partition coefficient (Wildman–Crippen LogP) is 7.54. The van der Waals surface area contributed by atoms with Crippen molar-refractivity contribution >= 4 is 31.7 Å². The van der Waals surface area contributed by atoms with Crippen LogP contribution in [0.4, 0.5) is 0 Å². The van der Waals surface area contributed by atoms with Gasteiger partial charge >= 0.3 is 30.2 Å². The Morgan fingerprint density at radius 1 is 0.786 bits per heavy atom. The molecular weight excluding hydrogens is 478 g/mol. The molecule has 0 saturated carbocycles. The van der Waals surface area contributed by atoms with E-state index in [2.05, 4.69) is 91.8 Å². The van der Waals surface area contributed by atoms with Crippen LogP contribution in [0.15, 0.2) is 35.5 Å². The van der Waals surface area contributed by atoms with Gasteiger partial charge in [0.1, 0.15) is 0 Å². The molecule has 0 radical (unpaired) electrons. The van der Waals surface area contributed by atoms with Gasteiger partial charge < -0.3 is 14.9 Å². The minimum atomic E-state index is 0. The minimum absolute atomic E-state index is 0. The van der Waals surface area contributed by atoms with Crippen molar-refractivity contribution in [2.45, 2.75) is 68.2 Å². The average Bonchev–Trinajstić information content (AvgIpc) is 3.19. The van der Waals surface area contributed by atoms with Crippen molar-refractivity contribution in [1.29, 1.82) is 0 Å². The second-order valence-electron chi connectivity index (χ2n) is 7.92. The molecule has 0 fully saturated rings. The van der Waals surface area contributed by atoms with Crippen molar-refractivity contribution in [2.75, 3.05) is 0 Å². The first kappa shape index (κ1) is 39.2. The van der Waals surface area contributed by atoms with Gasteiger partial charge in [-0.05, 0) is 0 Å². The van der Waals surface area contributed by atoms with Crippen LogP contribution < -0.4 is 0 Å². The molecule has 0 heterocycles. The van der Waals surface area contributed by atoms with E-state index in [0.717, 1.165) is 0 Å². The van der Waals surface area contributed by atoms with E-state index in [1.165, 1.54) is 24.0 Å². The maximum atomic E-state index is 3.29. The van der Waals surface area contributed by atoms with Crippen LogP contribution in [0, 0.1) is 49.7 Å². The fourth-order valence-corrected chi connectivity index (χ4v) is 2.42. The summed E-state index contributed by atoms with van der Waals surface area (Å²) < 4.78 is 0. The fraction of sp³-hybridized carbons (Fsp3) is 0.583. The van der Waals surface area contributed by atoms with Crippen molar-refractivity contribution < 1.29 is 23.3 Å². The Bertz CT molecular complexity index is 471. The molecule has 2 aliphatic rings. The summed E-state index contributed by atoms with van der Waals surface area (Å²) in [5.41, 5.74) is 3.59. The zero-order chi connectivity index (χ0) is 19.0. The third kappa shape index (κ3) is 13.0. The van der Waals surface area contributed by atoms with Crippen LogP contribution in [0.3, 0.4) is 0 Å². The Kier molecular flexibility index (Phi) is 25.7. The van der Waals surface area contributed by atoms with E-state index in [1.807, 2.05) is 6.88 Å². The number of rotatable bonds is 4. The van der Waals surface area contributed by atoms with E-state index in [9.17, 15) is 0 Å². The molecule has 0 amide bonds. The average molecular weight is 523 g/mol. The summed E-state index contributed by atoms with van der Waals surface area (Å²) in [4.78, 5) is 0. The quantitative estimate of drug-likeness (QED) is 0.264. The van der Waals surface area contributed by atoms with Crippen molar-refractivity contribution in [3.8, 4) is 0 Å². The van der Waals surface area contributed by atoms with Crippen LogP contribution in [0.5, 0.6) is 0 Å². The van der Waals surface area contributed by atoms with Gasteiger partial charge in [0.15, 0.2) is 0 Å². The van der Waals surface area contributed by atoms with Gasteiger partial charge in [0.25, 0.3) is 0 Å². The summed E-state index contributed by atoms with van der Waals surface area (Å²) in [5.74, 6) is 1.05. The van der Waals surface area contributed by atoms with Gasteiger partial charge in [0, 0.05) is 0 Å². The van der Waals surface area contributed by atoms with Crippen molar-refractivity contribution in [1.82, 2.24) is 0 Å².